The van der Waals surface area contributed by atoms with E-state index in [0.29, 0.717) is 30.0 Å². The lowest BCUT2D eigenvalue weighted by Gasteiger charge is -2.09. The molecule has 1 saturated heterocycles. The molecule has 0 bridgehead atoms. The van der Waals surface area contributed by atoms with Gasteiger partial charge in [0.05, 0.1) is 19.9 Å². The first kappa shape index (κ1) is 17.2. The monoisotopic (exact) mass is 362 g/mol. The molecule has 7 nitrogen and oxygen atoms in total. The Hall–Kier alpha value is -2.61. The number of esters is 1. The van der Waals surface area contributed by atoms with Gasteiger partial charge in [0.1, 0.15) is 17.7 Å². The molecule has 1 aromatic carbocycles. The van der Waals surface area contributed by atoms with Crippen LogP contribution in [0.5, 0.6) is 11.5 Å². The molecule has 0 spiro atoms. The number of carbonyl (C=O) groups excluding carboxylic acids is 2. The third-order valence-corrected chi connectivity index (χ3v) is 4.76. The van der Waals surface area contributed by atoms with Crippen LogP contribution in [0.1, 0.15) is 18.5 Å². The zero-order chi connectivity index (χ0) is 17.8. The molecular weight excluding hydrogens is 344 g/mol. The van der Waals surface area contributed by atoms with Crippen molar-refractivity contribution in [3.8, 4) is 22.1 Å². The smallest absolute Gasteiger partial charge is 0.329 e. The van der Waals surface area contributed by atoms with Gasteiger partial charge in [-0.25, -0.2) is 9.78 Å². The number of ether oxygens (including phenoxy) is 3. The van der Waals surface area contributed by atoms with Gasteiger partial charge in [-0.2, -0.15) is 0 Å². The van der Waals surface area contributed by atoms with Crippen LogP contribution in [0.3, 0.4) is 0 Å². The van der Waals surface area contributed by atoms with Crippen molar-refractivity contribution >= 4 is 23.2 Å². The van der Waals surface area contributed by atoms with Crippen molar-refractivity contribution in [1.82, 2.24) is 10.3 Å². The molecule has 0 unspecified atom stereocenters. The highest BCUT2D eigenvalue weighted by Crippen LogP contribution is 2.33. The van der Waals surface area contributed by atoms with Gasteiger partial charge in [-0.3, -0.25) is 4.79 Å². The quantitative estimate of drug-likeness (QED) is 0.793. The molecule has 1 aliphatic rings. The third kappa shape index (κ3) is 3.90. The van der Waals surface area contributed by atoms with E-state index < -0.39 is 12.0 Å². The molecule has 2 heterocycles. The number of nitrogens with one attached hydrogen (secondary N) is 1. The fourth-order valence-corrected chi connectivity index (χ4v) is 3.31. The Morgan fingerprint density at radius 2 is 2.12 bits per heavy atom. The summed E-state index contributed by atoms with van der Waals surface area (Å²) in [6.07, 6.45) is 0.839. The first-order valence-corrected chi connectivity index (χ1v) is 8.61. The van der Waals surface area contributed by atoms with Crippen LogP contribution in [0.2, 0.25) is 0 Å². The molecule has 1 atom stereocenters. The normalized spacial score (nSPS) is 16.4. The lowest BCUT2D eigenvalue weighted by molar-refractivity contribution is -0.147. The Kier molecular flexibility index (Phi) is 5.18. The second-order valence-corrected chi connectivity index (χ2v) is 6.34. The van der Waals surface area contributed by atoms with Crippen molar-refractivity contribution < 1.29 is 23.8 Å². The lowest BCUT2D eigenvalue weighted by atomic mass is 10.2. The lowest BCUT2D eigenvalue weighted by Crippen LogP contribution is -2.34. The van der Waals surface area contributed by atoms with Crippen LogP contribution in [0.15, 0.2) is 23.6 Å². The van der Waals surface area contributed by atoms with Crippen LogP contribution in [-0.4, -0.2) is 37.1 Å². The number of thiazole rings is 1. The predicted molar refractivity (Wildman–Crippen MR) is 91.6 cm³/mol. The van der Waals surface area contributed by atoms with E-state index in [1.54, 1.807) is 14.2 Å². The van der Waals surface area contributed by atoms with Crippen LogP contribution in [0.25, 0.3) is 10.6 Å². The van der Waals surface area contributed by atoms with Crippen LogP contribution >= 0.6 is 11.3 Å². The molecule has 25 heavy (non-hydrogen) atoms. The van der Waals surface area contributed by atoms with Gasteiger partial charge in [0.25, 0.3) is 0 Å². The molecule has 1 N–H and O–H groups in total. The van der Waals surface area contributed by atoms with Gasteiger partial charge < -0.3 is 19.5 Å². The van der Waals surface area contributed by atoms with Gasteiger partial charge in [-0.05, 0) is 24.6 Å². The second kappa shape index (κ2) is 7.52. The van der Waals surface area contributed by atoms with E-state index in [0.717, 1.165) is 10.6 Å². The molecular formula is C17H18N2O5S. The maximum Gasteiger partial charge on any atom is 0.329 e. The highest BCUT2D eigenvalue weighted by molar-refractivity contribution is 7.13. The summed E-state index contributed by atoms with van der Waals surface area (Å²) in [6.45, 7) is 0.0784. The van der Waals surface area contributed by atoms with E-state index in [9.17, 15) is 9.59 Å². The Morgan fingerprint density at radius 1 is 1.32 bits per heavy atom. The van der Waals surface area contributed by atoms with Gasteiger partial charge in [0.15, 0.2) is 11.5 Å². The minimum Gasteiger partial charge on any atom is -0.493 e. The highest BCUT2D eigenvalue weighted by Gasteiger charge is 2.28. The van der Waals surface area contributed by atoms with Gasteiger partial charge in [0, 0.05) is 17.4 Å². The number of nitrogens with zero attached hydrogens (tertiary/aromatic N) is 1. The summed E-state index contributed by atoms with van der Waals surface area (Å²) in [6, 6.07) is 5.01. The minimum absolute atomic E-state index is 0.0784. The number of hydrogen-bond acceptors (Lipinski definition) is 7. The van der Waals surface area contributed by atoms with Crippen LogP contribution in [-0.2, 0) is 20.9 Å². The second-order valence-electron chi connectivity index (χ2n) is 5.48. The fraction of sp³-hybridized carbons (Fsp3) is 0.353. The molecule has 8 heteroatoms. The minimum atomic E-state index is -0.545. The molecule has 1 aromatic heterocycles. The topological polar surface area (TPSA) is 86.8 Å². The summed E-state index contributed by atoms with van der Waals surface area (Å²) in [7, 11) is 3.16. The summed E-state index contributed by atoms with van der Waals surface area (Å²) in [5.74, 6) is 0.730. The molecule has 1 amide bonds. The number of aromatic nitrogens is 1. The molecule has 0 saturated carbocycles. The fourth-order valence-electron chi connectivity index (χ4n) is 2.51. The van der Waals surface area contributed by atoms with E-state index in [-0.39, 0.29) is 12.5 Å². The van der Waals surface area contributed by atoms with Gasteiger partial charge in [0.2, 0.25) is 5.91 Å². The average Bonchev–Trinajstić information content (AvgIpc) is 3.28. The first-order chi connectivity index (χ1) is 12.1. The summed E-state index contributed by atoms with van der Waals surface area (Å²) in [5, 5.41) is 5.22. The summed E-state index contributed by atoms with van der Waals surface area (Å²) < 4.78 is 15.8. The molecule has 1 aliphatic heterocycles. The van der Waals surface area contributed by atoms with E-state index in [2.05, 4.69) is 10.3 Å². The number of benzene rings is 1. The van der Waals surface area contributed by atoms with Crippen molar-refractivity contribution in [3.63, 3.8) is 0 Å². The maximum absolute atomic E-state index is 11.9. The zero-order valence-corrected chi connectivity index (χ0v) is 14.7. The molecule has 3 rings (SSSR count). The van der Waals surface area contributed by atoms with Gasteiger partial charge >= 0.3 is 5.97 Å². The van der Waals surface area contributed by atoms with Crippen molar-refractivity contribution in [1.29, 1.82) is 0 Å². The van der Waals surface area contributed by atoms with Gasteiger partial charge in [-0.15, -0.1) is 11.3 Å². The Morgan fingerprint density at radius 3 is 2.80 bits per heavy atom. The largest absolute Gasteiger partial charge is 0.493 e. The number of hydrogen-bond donors (Lipinski definition) is 1. The van der Waals surface area contributed by atoms with E-state index in [4.69, 9.17) is 14.2 Å². The van der Waals surface area contributed by atoms with Crippen molar-refractivity contribution in [3.05, 3.63) is 29.3 Å². The average molecular weight is 362 g/mol. The summed E-state index contributed by atoms with van der Waals surface area (Å²) >= 11 is 1.45. The number of methoxy groups -OCH3 is 2. The number of rotatable bonds is 6. The molecule has 132 valence electrons. The summed E-state index contributed by atoms with van der Waals surface area (Å²) in [4.78, 5) is 27.5. The van der Waals surface area contributed by atoms with Crippen molar-refractivity contribution in [2.24, 2.45) is 0 Å². The van der Waals surface area contributed by atoms with Crippen LogP contribution in [0, 0.1) is 0 Å². The SMILES string of the molecule is COc1ccc(-c2nc(COC(=O)[C@@H]3CCC(=O)N3)cs2)cc1OC. The summed E-state index contributed by atoms with van der Waals surface area (Å²) in [5.41, 5.74) is 1.55. The Bertz CT molecular complexity index is 789. The standard InChI is InChI=1S/C17H18N2O5S/c1-22-13-5-3-10(7-14(13)23-2)16-18-11(9-25-16)8-24-17(21)12-4-6-15(20)19-12/h3,5,7,9,12H,4,6,8H2,1-2H3,(H,19,20)/t12-/m0/s1. The van der Waals surface area contributed by atoms with E-state index >= 15 is 0 Å². The Labute approximate surface area is 148 Å². The Balaban J connectivity index is 1.64. The van der Waals surface area contributed by atoms with E-state index in [1.165, 1.54) is 11.3 Å². The van der Waals surface area contributed by atoms with Crippen LogP contribution < -0.4 is 14.8 Å². The number of carbonyl (C=O) groups is 2. The zero-order valence-electron chi connectivity index (χ0n) is 13.9. The molecule has 2 aromatic rings. The van der Waals surface area contributed by atoms with Crippen molar-refractivity contribution in [2.75, 3.05) is 14.2 Å². The molecule has 1 fully saturated rings. The highest BCUT2D eigenvalue weighted by atomic mass is 32.1. The third-order valence-electron chi connectivity index (χ3n) is 3.82. The molecule has 0 radical (unpaired) electrons. The first-order valence-electron chi connectivity index (χ1n) is 7.73. The van der Waals surface area contributed by atoms with E-state index in [1.807, 2.05) is 23.6 Å². The number of amides is 1. The predicted octanol–water partition coefficient (Wildman–Crippen LogP) is 2.15. The van der Waals surface area contributed by atoms with Gasteiger partial charge in [-0.1, -0.05) is 0 Å². The van der Waals surface area contributed by atoms with Crippen molar-refractivity contribution in [2.45, 2.75) is 25.5 Å². The maximum atomic E-state index is 11.9. The molecule has 0 aliphatic carbocycles. The van der Waals surface area contributed by atoms with Crippen LogP contribution in [0.4, 0.5) is 0 Å².